The highest BCUT2D eigenvalue weighted by Crippen LogP contribution is 2.26. The molecule has 3 N–H and O–H groups in total. The lowest BCUT2D eigenvalue weighted by molar-refractivity contribution is 0.248. The minimum atomic E-state index is -0.370. The van der Waals surface area contributed by atoms with Crippen LogP contribution in [0.1, 0.15) is 13.8 Å². The number of aliphatic hydroxyl groups excluding tert-OH is 1. The Morgan fingerprint density at radius 1 is 1.18 bits per heavy atom. The molecular formula is C20H21BrFN5O. The van der Waals surface area contributed by atoms with Gasteiger partial charge in [-0.2, -0.15) is 4.98 Å². The third kappa shape index (κ3) is 5.02. The first-order valence-electron chi connectivity index (χ1n) is 8.85. The summed E-state index contributed by atoms with van der Waals surface area (Å²) >= 11 is 3.15. The number of nitrogens with zero attached hydrogens (tertiary/aromatic N) is 3. The molecule has 0 aliphatic carbocycles. The Hall–Kier alpha value is -2.58. The van der Waals surface area contributed by atoms with E-state index in [0.29, 0.717) is 27.6 Å². The van der Waals surface area contributed by atoms with Crippen molar-refractivity contribution in [3.05, 3.63) is 59.1 Å². The van der Waals surface area contributed by atoms with Crippen LogP contribution in [-0.4, -0.2) is 32.7 Å². The molecule has 0 aliphatic rings. The summed E-state index contributed by atoms with van der Waals surface area (Å²) in [5.74, 6) is 0.686. The second-order valence-corrected chi connectivity index (χ2v) is 7.49. The van der Waals surface area contributed by atoms with Gasteiger partial charge in [0.15, 0.2) is 0 Å². The van der Waals surface area contributed by atoms with Crippen molar-refractivity contribution in [2.24, 2.45) is 5.92 Å². The third-order valence-electron chi connectivity index (χ3n) is 4.19. The van der Waals surface area contributed by atoms with Crippen LogP contribution in [0.15, 0.2) is 53.3 Å². The fourth-order valence-electron chi connectivity index (χ4n) is 2.55. The maximum absolute atomic E-state index is 13.8. The molecule has 28 heavy (non-hydrogen) atoms. The van der Waals surface area contributed by atoms with Crippen LogP contribution in [0.2, 0.25) is 0 Å². The van der Waals surface area contributed by atoms with Gasteiger partial charge in [0.25, 0.3) is 0 Å². The van der Waals surface area contributed by atoms with E-state index in [1.807, 2.05) is 26.0 Å². The second kappa shape index (κ2) is 9.07. The molecule has 1 aromatic carbocycles. The van der Waals surface area contributed by atoms with Crippen LogP contribution in [0.5, 0.6) is 0 Å². The summed E-state index contributed by atoms with van der Waals surface area (Å²) in [6.45, 7) is 3.96. The fourth-order valence-corrected chi connectivity index (χ4v) is 2.80. The van der Waals surface area contributed by atoms with E-state index in [1.54, 1.807) is 30.6 Å². The largest absolute Gasteiger partial charge is 0.394 e. The summed E-state index contributed by atoms with van der Waals surface area (Å²) in [5, 5.41) is 15.9. The van der Waals surface area contributed by atoms with E-state index in [-0.39, 0.29) is 24.4 Å². The molecule has 3 aromatic rings. The summed E-state index contributed by atoms with van der Waals surface area (Å²) in [6.07, 6.45) is 3.40. The van der Waals surface area contributed by atoms with Crippen LogP contribution in [0, 0.1) is 11.7 Å². The Balaban J connectivity index is 1.97. The van der Waals surface area contributed by atoms with Gasteiger partial charge in [0, 0.05) is 29.7 Å². The molecule has 2 heterocycles. The van der Waals surface area contributed by atoms with E-state index in [4.69, 9.17) is 0 Å². The molecule has 6 nitrogen and oxygen atoms in total. The third-order valence-corrected chi connectivity index (χ3v) is 4.83. The van der Waals surface area contributed by atoms with Crippen molar-refractivity contribution in [1.29, 1.82) is 0 Å². The molecule has 0 radical (unpaired) electrons. The van der Waals surface area contributed by atoms with Crippen molar-refractivity contribution in [2.75, 3.05) is 17.2 Å². The summed E-state index contributed by atoms with van der Waals surface area (Å²) in [6, 6.07) is 10.1. The van der Waals surface area contributed by atoms with E-state index in [9.17, 15) is 9.50 Å². The maximum Gasteiger partial charge on any atom is 0.225 e. The molecule has 0 unspecified atom stereocenters. The Labute approximate surface area is 171 Å². The van der Waals surface area contributed by atoms with Gasteiger partial charge in [-0.05, 0) is 52.2 Å². The minimum absolute atomic E-state index is 0.0428. The van der Waals surface area contributed by atoms with Gasteiger partial charge in [-0.1, -0.05) is 13.8 Å². The van der Waals surface area contributed by atoms with Crippen molar-refractivity contribution >= 4 is 33.4 Å². The van der Waals surface area contributed by atoms with Crippen molar-refractivity contribution in [3.8, 4) is 11.3 Å². The Morgan fingerprint density at radius 2 is 2.00 bits per heavy atom. The van der Waals surface area contributed by atoms with Crippen LogP contribution in [0.4, 0.5) is 21.8 Å². The zero-order valence-electron chi connectivity index (χ0n) is 15.5. The van der Waals surface area contributed by atoms with Crippen LogP contribution in [0.25, 0.3) is 11.3 Å². The molecule has 2 aromatic heterocycles. The highest BCUT2D eigenvalue weighted by atomic mass is 79.9. The van der Waals surface area contributed by atoms with Gasteiger partial charge in [-0.3, -0.25) is 4.98 Å². The molecule has 0 fully saturated rings. The summed E-state index contributed by atoms with van der Waals surface area (Å²) < 4.78 is 14.2. The van der Waals surface area contributed by atoms with Crippen molar-refractivity contribution in [1.82, 2.24) is 15.0 Å². The van der Waals surface area contributed by atoms with Crippen LogP contribution >= 0.6 is 15.9 Å². The highest BCUT2D eigenvalue weighted by molar-refractivity contribution is 9.10. The zero-order chi connectivity index (χ0) is 20.1. The molecule has 0 saturated carbocycles. The molecule has 0 spiro atoms. The summed E-state index contributed by atoms with van der Waals surface area (Å²) in [4.78, 5) is 13.2. The predicted molar refractivity (Wildman–Crippen MR) is 112 cm³/mol. The number of pyridine rings is 1. The Morgan fingerprint density at radius 3 is 2.64 bits per heavy atom. The molecule has 0 aliphatic heterocycles. The zero-order valence-corrected chi connectivity index (χ0v) is 17.1. The van der Waals surface area contributed by atoms with E-state index in [1.165, 1.54) is 6.07 Å². The number of hydrogen-bond acceptors (Lipinski definition) is 6. The first-order valence-corrected chi connectivity index (χ1v) is 9.64. The topological polar surface area (TPSA) is 83.0 Å². The Bertz CT molecular complexity index is 939. The van der Waals surface area contributed by atoms with Gasteiger partial charge >= 0.3 is 0 Å². The highest BCUT2D eigenvalue weighted by Gasteiger charge is 2.15. The number of aliphatic hydroxyl groups is 1. The van der Waals surface area contributed by atoms with E-state index < -0.39 is 0 Å². The number of aromatic nitrogens is 3. The average Bonchev–Trinajstić information content (AvgIpc) is 2.69. The molecule has 146 valence electrons. The van der Waals surface area contributed by atoms with Gasteiger partial charge in [0.1, 0.15) is 11.6 Å². The molecule has 1 atom stereocenters. The minimum Gasteiger partial charge on any atom is -0.394 e. The number of nitrogens with one attached hydrogen (secondary N) is 2. The van der Waals surface area contributed by atoms with Crippen LogP contribution in [0.3, 0.4) is 0 Å². The number of anilines is 3. The normalized spacial score (nSPS) is 12.1. The number of halogens is 2. The molecule has 0 amide bonds. The number of benzene rings is 1. The van der Waals surface area contributed by atoms with Gasteiger partial charge in [-0.25, -0.2) is 9.37 Å². The number of hydrogen-bond donors (Lipinski definition) is 3. The molecular weight excluding hydrogens is 425 g/mol. The second-order valence-electron chi connectivity index (χ2n) is 6.64. The molecule has 8 heteroatoms. The lowest BCUT2D eigenvalue weighted by atomic mass is 10.1. The van der Waals surface area contributed by atoms with Crippen molar-refractivity contribution in [2.45, 2.75) is 19.9 Å². The quantitative estimate of drug-likeness (QED) is 0.492. The summed E-state index contributed by atoms with van der Waals surface area (Å²) in [5.41, 5.74) is 2.04. The van der Waals surface area contributed by atoms with Crippen LogP contribution < -0.4 is 10.6 Å². The molecule has 3 rings (SSSR count). The van der Waals surface area contributed by atoms with Gasteiger partial charge in [0.2, 0.25) is 5.95 Å². The lowest BCUT2D eigenvalue weighted by Crippen LogP contribution is -2.30. The van der Waals surface area contributed by atoms with Gasteiger partial charge in [-0.15, -0.1) is 0 Å². The lowest BCUT2D eigenvalue weighted by Gasteiger charge is -2.20. The van der Waals surface area contributed by atoms with Crippen molar-refractivity contribution < 1.29 is 9.50 Å². The number of rotatable bonds is 7. The first kappa shape index (κ1) is 20.2. The van der Waals surface area contributed by atoms with E-state index in [2.05, 4.69) is 41.5 Å². The van der Waals surface area contributed by atoms with Crippen LogP contribution in [-0.2, 0) is 0 Å². The van der Waals surface area contributed by atoms with E-state index >= 15 is 0 Å². The maximum atomic E-state index is 13.8. The molecule has 0 saturated heterocycles. The molecule has 0 bridgehead atoms. The summed E-state index contributed by atoms with van der Waals surface area (Å²) in [7, 11) is 0. The monoisotopic (exact) mass is 445 g/mol. The Kier molecular flexibility index (Phi) is 6.53. The smallest absolute Gasteiger partial charge is 0.225 e. The predicted octanol–water partition coefficient (Wildman–Crippen LogP) is 4.61. The fraction of sp³-hybridized carbons (Fsp3) is 0.250. The first-order chi connectivity index (χ1) is 13.5. The van der Waals surface area contributed by atoms with Gasteiger partial charge < -0.3 is 15.7 Å². The van der Waals surface area contributed by atoms with Gasteiger partial charge in [0.05, 0.1) is 22.8 Å². The van der Waals surface area contributed by atoms with E-state index in [0.717, 1.165) is 5.56 Å². The standard InChI is InChI=1S/C20H21BrFN5O/c1-12(2)18(11-28)26-20-25-17(13-4-3-7-23-10-13)9-19(27-20)24-14-5-6-15(21)16(22)8-14/h3-10,12,18,28H,11H2,1-2H3,(H2,24,25,26,27)/t18-/m1/s1. The SMILES string of the molecule is CC(C)[C@@H](CO)Nc1nc(Nc2ccc(Br)c(F)c2)cc(-c2cccnc2)n1. The average molecular weight is 446 g/mol. The van der Waals surface area contributed by atoms with Crippen molar-refractivity contribution in [3.63, 3.8) is 0 Å².